The number of hydrogen-bond donors (Lipinski definition) is 1. The summed E-state index contributed by atoms with van der Waals surface area (Å²) in [6.07, 6.45) is 1.72. The van der Waals surface area contributed by atoms with Crippen LogP contribution in [0.3, 0.4) is 0 Å². The molecule has 2 aromatic rings. The summed E-state index contributed by atoms with van der Waals surface area (Å²) in [6, 6.07) is 0. The number of H-pyrrole nitrogens is 1. The predicted octanol–water partition coefficient (Wildman–Crippen LogP) is 2.13. The number of hydrogen-bond acceptors (Lipinski definition) is 3. The molecular formula is C8H9ClN4. The first-order valence-electron chi connectivity index (χ1n) is 4.05. The van der Waals surface area contributed by atoms with E-state index in [9.17, 15) is 0 Å². The van der Waals surface area contributed by atoms with Gasteiger partial charge in [-0.15, -0.1) is 0 Å². The van der Waals surface area contributed by atoms with Gasteiger partial charge >= 0.3 is 0 Å². The summed E-state index contributed by atoms with van der Waals surface area (Å²) in [5.74, 6) is 0.320. The van der Waals surface area contributed by atoms with Crippen molar-refractivity contribution in [3.63, 3.8) is 0 Å². The second-order valence-corrected chi connectivity index (χ2v) is 3.50. The van der Waals surface area contributed by atoms with Gasteiger partial charge in [-0.25, -0.2) is 4.98 Å². The smallest absolute Gasteiger partial charge is 0.224 e. The summed E-state index contributed by atoms with van der Waals surface area (Å²) < 4.78 is 0. The highest BCUT2D eigenvalue weighted by Gasteiger charge is 2.10. The molecule has 0 spiro atoms. The molecule has 0 unspecified atom stereocenters. The molecule has 5 heteroatoms. The number of halogens is 1. The number of fused-ring (bicyclic) bond motifs is 1. The zero-order valence-electron chi connectivity index (χ0n) is 7.37. The lowest BCUT2D eigenvalue weighted by molar-refractivity contribution is 0.829. The van der Waals surface area contributed by atoms with Crippen LogP contribution in [-0.4, -0.2) is 20.2 Å². The third-order valence-corrected chi connectivity index (χ3v) is 2.03. The molecule has 0 radical (unpaired) electrons. The molecule has 2 rings (SSSR count). The van der Waals surface area contributed by atoms with Crippen molar-refractivity contribution in [2.45, 2.75) is 19.8 Å². The number of aromatic nitrogens is 4. The first-order valence-corrected chi connectivity index (χ1v) is 4.43. The van der Waals surface area contributed by atoms with Gasteiger partial charge in [0.25, 0.3) is 0 Å². The number of nitrogens with zero attached hydrogens (tertiary/aromatic N) is 3. The third kappa shape index (κ3) is 1.37. The van der Waals surface area contributed by atoms with Gasteiger partial charge in [-0.05, 0) is 17.5 Å². The molecule has 2 heterocycles. The van der Waals surface area contributed by atoms with E-state index in [4.69, 9.17) is 11.6 Å². The van der Waals surface area contributed by atoms with Crippen LogP contribution >= 0.6 is 11.6 Å². The van der Waals surface area contributed by atoms with Gasteiger partial charge in [-0.2, -0.15) is 10.1 Å². The number of rotatable bonds is 1. The first-order chi connectivity index (χ1) is 6.18. The van der Waals surface area contributed by atoms with Crippen LogP contribution in [0.5, 0.6) is 0 Å². The Morgan fingerprint density at radius 2 is 2.15 bits per heavy atom. The fourth-order valence-corrected chi connectivity index (χ4v) is 1.44. The van der Waals surface area contributed by atoms with Crippen molar-refractivity contribution >= 4 is 22.6 Å². The van der Waals surface area contributed by atoms with E-state index in [1.165, 1.54) is 0 Å². The Labute approximate surface area is 80.3 Å². The lowest BCUT2D eigenvalue weighted by Crippen LogP contribution is -1.95. The fraction of sp³-hybridized carbons (Fsp3) is 0.375. The summed E-state index contributed by atoms with van der Waals surface area (Å²) in [5.41, 5.74) is 1.63. The van der Waals surface area contributed by atoms with Gasteiger partial charge in [0.1, 0.15) is 0 Å². The van der Waals surface area contributed by atoms with E-state index in [0.29, 0.717) is 11.6 Å². The average Bonchev–Trinajstić information content (AvgIpc) is 2.49. The lowest BCUT2D eigenvalue weighted by atomic mass is 10.1. The summed E-state index contributed by atoms with van der Waals surface area (Å²) in [6.45, 7) is 4.12. The summed E-state index contributed by atoms with van der Waals surface area (Å²) >= 11 is 5.75. The molecule has 0 atom stereocenters. The number of nitrogens with one attached hydrogen (secondary N) is 1. The van der Waals surface area contributed by atoms with E-state index in [1.54, 1.807) is 6.20 Å². The maximum absolute atomic E-state index is 5.75. The van der Waals surface area contributed by atoms with Crippen LogP contribution in [0.2, 0.25) is 5.28 Å². The van der Waals surface area contributed by atoms with Gasteiger partial charge in [-0.1, -0.05) is 13.8 Å². The van der Waals surface area contributed by atoms with Gasteiger partial charge in [0.2, 0.25) is 5.28 Å². The maximum atomic E-state index is 5.75. The van der Waals surface area contributed by atoms with Gasteiger partial charge < -0.3 is 0 Å². The minimum atomic E-state index is 0.264. The van der Waals surface area contributed by atoms with E-state index in [1.807, 2.05) is 0 Å². The van der Waals surface area contributed by atoms with Crippen molar-refractivity contribution in [3.8, 4) is 0 Å². The highest BCUT2D eigenvalue weighted by Crippen LogP contribution is 2.21. The fourth-order valence-electron chi connectivity index (χ4n) is 1.27. The van der Waals surface area contributed by atoms with Crippen LogP contribution in [0.4, 0.5) is 0 Å². The highest BCUT2D eigenvalue weighted by molar-refractivity contribution is 6.28. The molecule has 0 saturated heterocycles. The molecule has 0 fully saturated rings. The third-order valence-electron chi connectivity index (χ3n) is 1.86. The normalized spacial score (nSPS) is 11.4. The van der Waals surface area contributed by atoms with Crippen molar-refractivity contribution in [1.82, 2.24) is 20.2 Å². The summed E-state index contributed by atoms with van der Waals surface area (Å²) in [7, 11) is 0. The highest BCUT2D eigenvalue weighted by atomic mass is 35.5. The first kappa shape index (κ1) is 8.44. The minimum absolute atomic E-state index is 0.264. The van der Waals surface area contributed by atoms with Crippen LogP contribution in [0.1, 0.15) is 25.5 Å². The van der Waals surface area contributed by atoms with E-state index in [2.05, 4.69) is 34.0 Å². The van der Waals surface area contributed by atoms with Gasteiger partial charge in [-0.3, -0.25) is 5.10 Å². The molecule has 0 aliphatic heterocycles. The van der Waals surface area contributed by atoms with Crippen LogP contribution in [-0.2, 0) is 0 Å². The Morgan fingerprint density at radius 3 is 2.85 bits per heavy atom. The quantitative estimate of drug-likeness (QED) is 0.711. The molecule has 0 bridgehead atoms. The lowest BCUT2D eigenvalue weighted by Gasteiger charge is -2.04. The summed E-state index contributed by atoms with van der Waals surface area (Å²) in [5, 5.41) is 7.88. The van der Waals surface area contributed by atoms with Crippen LogP contribution in [0.15, 0.2) is 6.20 Å². The summed E-state index contributed by atoms with van der Waals surface area (Å²) in [4.78, 5) is 8.18. The zero-order chi connectivity index (χ0) is 9.42. The average molecular weight is 197 g/mol. The van der Waals surface area contributed by atoms with Crippen molar-refractivity contribution in [2.24, 2.45) is 0 Å². The van der Waals surface area contributed by atoms with Gasteiger partial charge in [0, 0.05) is 0 Å². The molecule has 0 saturated carbocycles. The molecule has 68 valence electrons. The second-order valence-electron chi connectivity index (χ2n) is 3.16. The Hall–Kier alpha value is -1.16. The number of aromatic amines is 1. The van der Waals surface area contributed by atoms with Crippen molar-refractivity contribution in [3.05, 3.63) is 17.2 Å². The zero-order valence-corrected chi connectivity index (χ0v) is 8.13. The Kier molecular flexibility index (Phi) is 1.92. The molecule has 0 aromatic carbocycles. The van der Waals surface area contributed by atoms with E-state index < -0.39 is 0 Å². The van der Waals surface area contributed by atoms with Crippen LogP contribution in [0, 0.1) is 0 Å². The van der Waals surface area contributed by atoms with Crippen molar-refractivity contribution in [1.29, 1.82) is 0 Å². The van der Waals surface area contributed by atoms with Gasteiger partial charge in [0.15, 0.2) is 5.65 Å². The molecule has 1 N–H and O–H groups in total. The SMILES string of the molecule is CC(C)c1nc(Cl)nc2[nH]ncc12. The molecule has 4 nitrogen and oxygen atoms in total. The molecule has 13 heavy (non-hydrogen) atoms. The van der Waals surface area contributed by atoms with E-state index in [-0.39, 0.29) is 5.28 Å². The Morgan fingerprint density at radius 1 is 1.38 bits per heavy atom. The van der Waals surface area contributed by atoms with Crippen LogP contribution in [0.25, 0.3) is 11.0 Å². The van der Waals surface area contributed by atoms with E-state index in [0.717, 1.165) is 11.1 Å². The largest absolute Gasteiger partial charge is 0.261 e. The Balaban J connectivity index is 2.77. The Bertz CT molecular complexity index is 435. The molecule has 0 amide bonds. The van der Waals surface area contributed by atoms with E-state index >= 15 is 0 Å². The molecule has 0 aliphatic carbocycles. The monoisotopic (exact) mass is 196 g/mol. The van der Waals surface area contributed by atoms with Gasteiger partial charge in [0.05, 0.1) is 17.3 Å². The predicted molar refractivity (Wildman–Crippen MR) is 50.8 cm³/mol. The van der Waals surface area contributed by atoms with Crippen LogP contribution < -0.4 is 0 Å². The molecular weight excluding hydrogens is 188 g/mol. The minimum Gasteiger partial charge on any atom is -0.261 e. The standard InChI is InChI=1S/C8H9ClN4/c1-4(2)6-5-3-10-13-7(5)12-8(9)11-6/h3-4H,1-2H3,(H,10,11,12,13). The van der Waals surface area contributed by atoms with Crippen molar-refractivity contribution < 1.29 is 0 Å². The molecule has 2 aromatic heterocycles. The second kappa shape index (κ2) is 2.96. The molecule has 0 aliphatic rings. The maximum Gasteiger partial charge on any atom is 0.224 e. The van der Waals surface area contributed by atoms with Crippen molar-refractivity contribution in [2.75, 3.05) is 0 Å². The topological polar surface area (TPSA) is 54.5 Å².